The molecule has 2 rings (SSSR count). The number of esters is 1. The van der Waals surface area contributed by atoms with Crippen molar-refractivity contribution in [1.29, 1.82) is 0 Å². The van der Waals surface area contributed by atoms with E-state index in [2.05, 4.69) is 0 Å². The highest BCUT2D eigenvalue weighted by Gasteiger charge is 2.33. The number of aliphatic hydroxyl groups excluding tert-OH is 1. The largest absolute Gasteiger partial charge is 0.493 e. The van der Waals surface area contributed by atoms with E-state index >= 15 is 0 Å². The van der Waals surface area contributed by atoms with E-state index in [0.717, 1.165) is 28.8 Å². The fourth-order valence-electron chi connectivity index (χ4n) is 3.68. The quantitative estimate of drug-likeness (QED) is 0.442. The Hall–Kier alpha value is -2.87. The fraction of sp³-hybridized carbons (Fsp3) is 0.417. The Kier molecular flexibility index (Phi) is 8.44. The molecule has 0 heterocycles. The lowest BCUT2D eigenvalue weighted by Gasteiger charge is -2.21. The van der Waals surface area contributed by atoms with Crippen LogP contribution in [0.15, 0.2) is 36.4 Å². The van der Waals surface area contributed by atoms with Gasteiger partial charge < -0.3 is 14.6 Å². The molecule has 2 aromatic rings. The number of hydrogen-bond acceptors (Lipinski definition) is 5. The number of carbonyl (C=O) groups is 2. The number of halogens is 3. The van der Waals surface area contributed by atoms with Gasteiger partial charge in [-0.05, 0) is 61.7 Å². The van der Waals surface area contributed by atoms with Crippen LogP contribution in [-0.4, -0.2) is 36.7 Å². The molecule has 174 valence electrons. The lowest BCUT2D eigenvalue weighted by Crippen LogP contribution is -2.28. The van der Waals surface area contributed by atoms with Crippen LogP contribution in [0.3, 0.4) is 0 Å². The van der Waals surface area contributed by atoms with Gasteiger partial charge in [-0.3, -0.25) is 9.59 Å². The van der Waals surface area contributed by atoms with Crippen LogP contribution in [0.4, 0.5) is 13.2 Å². The van der Waals surface area contributed by atoms with Crippen LogP contribution >= 0.6 is 0 Å². The van der Waals surface area contributed by atoms with E-state index in [1.165, 1.54) is 19.2 Å². The Balaban J connectivity index is 2.00. The van der Waals surface area contributed by atoms with Gasteiger partial charge in [-0.15, -0.1) is 0 Å². The summed E-state index contributed by atoms with van der Waals surface area (Å²) in [5.74, 6) is -2.10. The molecule has 0 bridgehead atoms. The molecule has 0 aliphatic carbocycles. The van der Waals surface area contributed by atoms with E-state index in [-0.39, 0.29) is 25.2 Å². The number of benzene rings is 2. The minimum absolute atomic E-state index is 0.00864. The van der Waals surface area contributed by atoms with E-state index in [1.807, 2.05) is 32.9 Å². The number of methoxy groups -OCH3 is 1. The first-order valence-corrected chi connectivity index (χ1v) is 10.1. The maximum atomic E-state index is 12.9. The SMILES string of the molecule is COC(=O)C(C(=O)CC(O)CCOc1ccc(C(F)(F)F)cc1)c1c(C)cc(C)cc1C. The van der Waals surface area contributed by atoms with Crippen molar-refractivity contribution in [3.05, 3.63) is 64.2 Å². The third-order valence-corrected chi connectivity index (χ3v) is 5.12. The van der Waals surface area contributed by atoms with Crippen molar-refractivity contribution in [3.8, 4) is 5.75 Å². The van der Waals surface area contributed by atoms with Gasteiger partial charge >= 0.3 is 12.1 Å². The summed E-state index contributed by atoms with van der Waals surface area (Å²) in [6.07, 6.45) is -5.75. The van der Waals surface area contributed by atoms with Crippen LogP contribution < -0.4 is 4.74 Å². The number of alkyl halides is 3. The van der Waals surface area contributed by atoms with Crippen LogP contribution in [0.1, 0.15) is 46.6 Å². The first-order valence-electron chi connectivity index (χ1n) is 10.1. The molecule has 0 saturated heterocycles. The van der Waals surface area contributed by atoms with Gasteiger partial charge in [0.25, 0.3) is 0 Å². The number of Topliss-reactive ketones (excluding diaryl/α,β-unsaturated/α-hetero) is 1. The molecular formula is C24H27F3O5. The normalized spacial score (nSPS) is 13.4. The van der Waals surface area contributed by atoms with Gasteiger partial charge in [-0.25, -0.2) is 0 Å². The van der Waals surface area contributed by atoms with Gasteiger partial charge in [0, 0.05) is 12.8 Å². The van der Waals surface area contributed by atoms with Crippen molar-refractivity contribution in [2.75, 3.05) is 13.7 Å². The summed E-state index contributed by atoms with van der Waals surface area (Å²) in [6.45, 7) is 5.53. The van der Waals surface area contributed by atoms with Crippen molar-refractivity contribution >= 4 is 11.8 Å². The van der Waals surface area contributed by atoms with Crippen molar-refractivity contribution < 1.29 is 37.3 Å². The molecule has 8 heteroatoms. The van der Waals surface area contributed by atoms with E-state index in [9.17, 15) is 27.9 Å². The number of aliphatic hydroxyl groups is 1. The van der Waals surface area contributed by atoms with E-state index < -0.39 is 35.5 Å². The molecule has 5 nitrogen and oxygen atoms in total. The van der Waals surface area contributed by atoms with Crippen LogP contribution in [-0.2, 0) is 20.5 Å². The average molecular weight is 452 g/mol. The van der Waals surface area contributed by atoms with Crippen molar-refractivity contribution in [2.24, 2.45) is 0 Å². The Bertz CT molecular complexity index is 928. The smallest absolute Gasteiger partial charge is 0.416 e. The minimum atomic E-state index is -4.43. The van der Waals surface area contributed by atoms with E-state index in [0.29, 0.717) is 5.56 Å². The van der Waals surface area contributed by atoms with Gasteiger partial charge in [-0.2, -0.15) is 13.2 Å². The second kappa shape index (κ2) is 10.6. The molecule has 1 N–H and O–H groups in total. The van der Waals surface area contributed by atoms with Gasteiger partial charge in [0.1, 0.15) is 11.7 Å². The molecule has 0 radical (unpaired) electrons. The topological polar surface area (TPSA) is 72.8 Å². The molecule has 0 fully saturated rings. The molecule has 0 aromatic heterocycles. The lowest BCUT2D eigenvalue weighted by atomic mass is 9.85. The predicted molar refractivity (Wildman–Crippen MR) is 113 cm³/mol. The molecular weight excluding hydrogens is 425 g/mol. The van der Waals surface area contributed by atoms with Crippen molar-refractivity contribution in [3.63, 3.8) is 0 Å². The average Bonchev–Trinajstić information content (AvgIpc) is 2.69. The summed E-state index contributed by atoms with van der Waals surface area (Å²) in [5, 5.41) is 10.3. The standard InChI is InChI=1S/C24H27F3O5/c1-14-11-15(2)21(16(3)12-14)22(23(30)31-4)20(29)13-18(28)9-10-32-19-7-5-17(6-8-19)24(25,26)27/h5-8,11-12,18,22,28H,9-10,13H2,1-4H3. The summed E-state index contributed by atoms with van der Waals surface area (Å²) in [5.41, 5.74) is 2.35. The lowest BCUT2D eigenvalue weighted by molar-refractivity contribution is -0.146. The number of ketones is 1. The first kappa shape index (κ1) is 25.4. The zero-order chi connectivity index (χ0) is 24.1. The number of carbonyl (C=O) groups excluding carboxylic acids is 2. The monoisotopic (exact) mass is 452 g/mol. The highest BCUT2D eigenvalue weighted by Crippen LogP contribution is 2.31. The Morgan fingerprint density at radius 2 is 1.59 bits per heavy atom. The van der Waals surface area contributed by atoms with Gasteiger partial charge in [0.15, 0.2) is 5.78 Å². The Morgan fingerprint density at radius 3 is 2.09 bits per heavy atom. The van der Waals surface area contributed by atoms with Crippen molar-refractivity contribution in [2.45, 2.75) is 51.8 Å². The molecule has 2 aromatic carbocycles. The molecule has 32 heavy (non-hydrogen) atoms. The number of hydrogen-bond donors (Lipinski definition) is 1. The Morgan fingerprint density at radius 1 is 1.03 bits per heavy atom. The van der Waals surface area contributed by atoms with Crippen LogP contribution in [0, 0.1) is 20.8 Å². The summed E-state index contributed by atoms with van der Waals surface area (Å²) >= 11 is 0. The highest BCUT2D eigenvalue weighted by atomic mass is 19.4. The third kappa shape index (κ3) is 6.56. The number of aryl methyl sites for hydroxylation is 3. The molecule has 0 saturated carbocycles. The molecule has 0 spiro atoms. The molecule has 0 aliphatic rings. The van der Waals surface area contributed by atoms with Crippen LogP contribution in [0.25, 0.3) is 0 Å². The summed E-state index contributed by atoms with van der Waals surface area (Å²) < 4.78 is 48.0. The predicted octanol–water partition coefficient (Wildman–Crippen LogP) is 4.68. The maximum Gasteiger partial charge on any atom is 0.416 e. The molecule has 0 amide bonds. The molecule has 0 aliphatic heterocycles. The van der Waals surface area contributed by atoms with Gasteiger partial charge in [0.2, 0.25) is 0 Å². The van der Waals surface area contributed by atoms with E-state index in [1.54, 1.807) is 0 Å². The summed E-state index contributed by atoms with van der Waals surface area (Å²) in [7, 11) is 1.20. The zero-order valence-corrected chi connectivity index (χ0v) is 18.5. The number of ether oxygens (including phenoxy) is 2. The second-order valence-electron chi connectivity index (χ2n) is 7.75. The van der Waals surface area contributed by atoms with Gasteiger partial charge in [-0.1, -0.05) is 17.7 Å². The van der Waals surface area contributed by atoms with Gasteiger partial charge in [0.05, 0.1) is 25.4 Å². The third-order valence-electron chi connectivity index (χ3n) is 5.12. The molecule has 2 unspecified atom stereocenters. The zero-order valence-electron chi connectivity index (χ0n) is 18.5. The number of rotatable bonds is 9. The molecule has 2 atom stereocenters. The fourth-order valence-corrected chi connectivity index (χ4v) is 3.68. The first-order chi connectivity index (χ1) is 14.9. The van der Waals surface area contributed by atoms with Crippen molar-refractivity contribution in [1.82, 2.24) is 0 Å². The second-order valence-corrected chi connectivity index (χ2v) is 7.75. The highest BCUT2D eigenvalue weighted by molar-refractivity contribution is 6.05. The van der Waals surface area contributed by atoms with Crippen LogP contribution in [0.2, 0.25) is 0 Å². The van der Waals surface area contributed by atoms with E-state index in [4.69, 9.17) is 9.47 Å². The summed E-state index contributed by atoms with van der Waals surface area (Å²) in [6, 6.07) is 7.94. The van der Waals surface area contributed by atoms with Crippen LogP contribution in [0.5, 0.6) is 5.75 Å². The maximum absolute atomic E-state index is 12.9. The summed E-state index contributed by atoms with van der Waals surface area (Å²) in [4.78, 5) is 25.3. The minimum Gasteiger partial charge on any atom is -0.493 e. The Labute approximate surface area is 185 Å².